The molecule has 0 aromatic heterocycles. The number of nitrogens with zero attached hydrogens (tertiary/aromatic N) is 2. The number of rotatable bonds is 3. The first kappa shape index (κ1) is 13.4. The van der Waals surface area contributed by atoms with Gasteiger partial charge in [-0.25, -0.2) is 9.18 Å². The Bertz CT molecular complexity index is 521. The van der Waals surface area contributed by atoms with Crippen LogP contribution in [0.3, 0.4) is 0 Å². The molecule has 1 unspecified atom stereocenters. The minimum absolute atomic E-state index is 0.163. The molecule has 3 rings (SSSR count). The quantitative estimate of drug-likeness (QED) is 0.849. The molecule has 0 aliphatic carbocycles. The highest BCUT2D eigenvalue weighted by atomic mass is 19.1. The van der Waals surface area contributed by atoms with Crippen LogP contribution in [-0.2, 0) is 11.2 Å². The zero-order valence-corrected chi connectivity index (χ0v) is 11.6. The number of halogens is 1. The smallest absolute Gasteiger partial charge is 0.409 e. The van der Waals surface area contributed by atoms with Gasteiger partial charge in [-0.1, -0.05) is 6.07 Å². The molecule has 1 amide bonds. The molecule has 2 aliphatic rings. The van der Waals surface area contributed by atoms with Gasteiger partial charge in [0.2, 0.25) is 0 Å². The van der Waals surface area contributed by atoms with E-state index >= 15 is 0 Å². The largest absolute Gasteiger partial charge is 0.448 e. The maximum Gasteiger partial charge on any atom is 0.409 e. The molecule has 2 aliphatic heterocycles. The van der Waals surface area contributed by atoms with E-state index in [1.165, 1.54) is 11.6 Å². The average molecular weight is 278 g/mol. The molecule has 5 heteroatoms. The minimum Gasteiger partial charge on any atom is -0.448 e. The highest BCUT2D eigenvalue weighted by Crippen LogP contribution is 2.29. The van der Waals surface area contributed by atoms with Crippen LogP contribution >= 0.6 is 0 Å². The van der Waals surface area contributed by atoms with E-state index in [0.29, 0.717) is 19.7 Å². The van der Waals surface area contributed by atoms with Crippen molar-refractivity contribution in [1.82, 2.24) is 9.80 Å². The van der Waals surface area contributed by atoms with Crippen molar-refractivity contribution in [2.75, 3.05) is 32.8 Å². The van der Waals surface area contributed by atoms with Crippen molar-refractivity contribution in [3.05, 3.63) is 35.1 Å². The predicted octanol–water partition coefficient (Wildman–Crippen LogP) is 2.20. The lowest BCUT2D eigenvalue weighted by Crippen LogP contribution is -2.40. The monoisotopic (exact) mass is 278 g/mol. The molecule has 1 aromatic rings. The standard InChI is InChI=1S/C15H19FN2O2/c1-11-14-3-2-13(16)10-12(14)4-5-17(11)6-7-18-8-9-20-15(18)19/h2-3,10-11H,4-9H2,1H3. The topological polar surface area (TPSA) is 32.8 Å². The summed E-state index contributed by atoms with van der Waals surface area (Å²) in [5, 5.41) is 0. The zero-order valence-electron chi connectivity index (χ0n) is 11.6. The number of hydrogen-bond donors (Lipinski definition) is 0. The summed E-state index contributed by atoms with van der Waals surface area (Å²) >= 11 is 0. The van der Waals surface area contributed by atoms with E-state index in [2.05, 4.69) is 11.8 Å². The second-order valence-corrected chi connectivity index (χ2v) is 5.41. The number of carbonyl (C=O) groups is 1. The van der Waals surface area contributed by atoms with Gasteiger partial charge in [0.1, 0.15) is 12.4 Å². The van der Waals surface area contributed by atoms with Crippen LogP contribution in [0.2, 0.25) is 0 Å². The molecule has 0 N–H and O–H groups in total. The van der Waals surface area contributed by atoms with Gasteiger partial charge >= 0.3 is 6.09 Å². The molecule has 4 nitrogen and oxygen atoms in total. The van der Waals surface area contributed by atoms with Crippen molar-refractivity contribution in [3.8, 4) is 0 Å². The molecular weight excluding hydrogens is 259 g/mol. The van der Waals surface area contributed by atoms with Crippen molar-refractivity contribution < 1.29 is 13.9 Å². The molecular formula is C15H19FN2O2. The summed E-state index contributed by atoms with van der Waals surface area (Å²) in [7, 11) is 0. The summed E-state index contributed by atoms with van der Waals surface area (Å²) < 4.78 is 18.2. The molecule has 0 bridgehead atoms. The summed E-state index contributed by atoms with van der Waals surface area (Å²) in [6.07, 6.45) is 0.652. The molecule has 2 heterocycles. The number of ether oxygens (including phenoxy) is 1. The summed E-state index contributed by atoms with van der Waals surface area (Å²) in [6.45, 7) is 5.74. The fourth-order valence-electron chi connectivity index (χ4n) is 3.04. The zero-order chi connectivity index (χ0) is 14.1. The van der Waals surface area contributed by atoms with Gasteiger partial charge in [0.05, 0.1) is 6.54 Å². The first-order valence-corrected chi connectivity index (χ1v) is 7.09. The third-order valence-electron chi connectivity index (χ3n) is 4.27. The summed E-state index contributed by atoms with van der Waals surface area (Å²) in [5.41, 5.74) is 2.30. The van der Waals surface area contributed by atoms with Crippen molar-refractivity contribution in [2.24, 2.45) is 0 Å². The van der Waals surface area contributed by atoms with Crippen molar-refractivity contribution >= 4 is 6.09 Å². The van der Waals surface area contributed by atoms with Crippen LogP contribution in [0.25, 0.3) is 0 Å². The lowest BCUT2D eigenvalue weighted by molar-refractivity contribution is 0.145. The van der Waals surface area contributed by atoms with Crippen LogP contribution in [0.15, 0.2) is 18.2 Å². The SMILES string of the molecule is CC1c2ccc(F)cc2CCN1CCN1CCOC1=O. The second kappa shape index (κ2) is 5.40. The maximum absolute atomic E-state index is 13.2. The molecule has 20 heavy (non-hydrogen) atoms. The second-order valence-electron chi connectivity index (χ2n) is 5.41. The van der Waals surface area contributed by atoms with Gasteiger partial charge in [-0.15, -0.1) is 0 Å². The molecule has 1 atom stereocenters. The van der Waals surface area contributed by atoms with Crippen LogP contribution < -0.4 is 0 Å². The van der Waals surface area contributed by atoms with Crippen molar-refractivity contribution in [2.45, 2.75) is 19.4 Å². The fourth-order valence-corrected chi connectivity index (χ4v) is 3.04. The first-order chi connectivity index (χ1) is 9.65. The third-order valence-corrected chi connectivity index (χ3v) is 4.27. The first-order valence-electron chi connectivity index (χ1n) is 7.09. The Kier molecular flexibility index (Phi) is 3.61. The van der Waals surface area contributed by atoms with E-state index in [0.717, 1.165) is 25.1 Å². The number of cyclic esters (lactones) is 1. The summed E-state index contributed by atoms with van der Waals surface area (Å²) in [4.78, 5) is 15.5. The Hall–Kier alpha value is -1.62. The highest BCUT2D eigenvalue weighted by molar-refractivity contribution is 5.69. The van der Waals surface area contributed by atoms with Gasteiger partial charge < -0.3 is 9.64 Å². The highest BCUT2D eigenvalue weighted by Gasteiger charge is 2.26. The number of carbonyl (C=O) groups excluding carboxylic acids is 1. The number of benzene rings is 1. The Labute approximate surface area is 118 Å². The Morgan fingerprint density at radius 2 is 2.20 bits per heavy atom. The van der Waals surface area contributed by atoms with E-state index in [1.807, 2.05) is 6.07 Å². The van der Waals surface area contributed by atoms with Gasteiger partial charge in [-0.2, -0.15) is 0 Å². The lowest BCUT2D eigenvalue weighted by Gasteiger charge is -2.35. The Balaban J connectivity index is 1.64. The molecule has 1 aromatic carbocycles. The predicted molar refractivity (Wildman–Crippen MR) is 73.0 cm³/mol. The molecule has 108 valence electrons. The van der Waals surface area contributed by atoms with E-state index in [4.69, 9.17) is 4.74 Å². The number of hydrogen-bond acceptors (Lipinski definition) is 3. The number of fused-ring (bicyclic) bond motifs is 1. The molecule has 0 radical (unpaired) electrons. The van der Waals surface area contributed by atoms with Crippen LogP contribution in [-0.4, -0.2) is 48.7 Å². The van der Waals surface area contributed by atoms with Crippen molar-refractivity contribution in [3.63, 3.8) is 0 Å². The van der Waals surface area contributed by atoms with Crippen LogP contribution in [0.4, 0.5) is 9.18 Å². The molecule has 1 fully saturated rings. The summed E-state index contributed by atoms with van der Waals surface area (Å²) in [6, 6.07) is 5.31. The summed E-state index contributed by atoms with van der Waals surface area (Å²) in [5.74, 6) is -0.163. The minimum atomic E-state index is -0.211. The fraction of sp³-hybridized carbons (Fsp3) is 0.533. The van der Waals surface area contributed by atoms with Crippen LogP contribution in [0.1, 0.15) is 24.1 Å². The van der Waals surface area contributed by atoms with E-state index < -0.39 is 0 Å². The van der Waals surface area contributed by atoms with Gasteiger partial charge in [0.25, 0.3) is 0 Å². The van der Waals surface area contributed by atoms with Gasteiger partial charge in [0.15, 0.2) is 0 Å². The molecule has 0 spiro atoms. The van der Waals surface area contributed by atoms with Gasteiger partial charge in [-0.05, 0) is 36.6 Å². The van der Waals surface area contributed by atoms with Crippen molar-refractivity contribution in [1.29, 1.82) is 0 Å². The molecule has 1 saturated heterocycles. The maximum atomic E-state index is 13.2. The van der Waals surface area contributed by atoms with E-state index in [-0.39, 0.29) is 18.0 Å². The Morgan fingerprint density at radius 3 is 2.95 bits per heavy atom. The average Bonchev–Trinajstić information content (AvgIpc) is 2.83. The van der Waals surface area contributed by atoms with Crippen LogP contribution in [0.5, 0.6) is 0 Å². The van der Waals surface area contributed by atoms with Gasteiger partial charge in [-0.3, -0.25) is 4.90 Å². The Morgan fingerprint density at radius 1 is 1.35 bits per heavy atom. The molecule has 0 saturated carbocycles. The normalized spacial score (nSPS) is 22.8. The van der Waals surface area contributed by atoms with Crippen LogP contribution in [0, 0.1) is 5.82 Å². The third kappa shape index (κ3) is 2.50. The van der Waals surface area contributed by atoms with E-state index in [9.17, 15) is 9.18 Å². The number of amides is 1. The van der Waals surface area contributed by atoms with Gasteiger partial charge in [0, 0.05) is 25.7 Å². The lowest BCUT2D eigenvalue weighted by atomic mass is 9.93. The van der Waals surface area contributed by atoms with E-state index in [1.54, 1.807) is 11.0 Å².